The number of aryl methyl sites for hydroxylation is 3. The van der Waals surface area contributed by atoms with Crippen molar-refractivity contribution in [3.63, 3.8) is 0 Å². The van der Waals surface area contributed by atoms with Gasteiger partial charge >= 0.3 is 0 Å². The van der Waals surface area contributed by atoms with Gasteiger partial charge in [-0.25, -0.2) is 13.1 Å². The number of benzene rings is 1. The lowest BCUT2D eigenvalue weighted by molar-refractivity contribution is 0.413. The minimum atomic E-state index is -3.52. The highest BCUT2D eigenvalue weighted by Gasteiger charge is 2.19. The Kier molecular flexibility index (Phi) is 5.20. The molecule has 0 bridgehead atoms. The molecule has 7 heteroatoms. The van der Waals surface area contributed by atoms with Gasteiger partial charge in [-0.15, -0.1) is 0 Å². The summed E-state index contributed by atoms with van der Waals surface area (Å²) in [5.41, 5.74) is 1.35. The molecule has 120 valence electrons. The van der Waals surface area contributed by atoms with Crippen molar-refractivity contribution in [2.24, 2.45) is 0 Å². The lowest BCUT2D eigenvalue weighted by Crippen LogP contribution is -2.27. The first-order valence-electron chi connectivity index (χ1n) is 7.06. The van der Waals surface area contributed by atoms with E-state index in [1.165, 1.54) is 0 Å². The molecule has 0 spiro atoms. The van der Waals surface area contributed by atoms with Crippen LogP contribution in [0.4, 0.5) is 0 Å². The van der Waals surface area contributed by atoms with Gasteiger partial charge in [-0.05, 0) is 49.6 Å². The van der Waals surface area contributed by atoms with E-state index in [0.717, 1.165) is 0 Å². The molecular formula is C15H21N3O3S. The van der Waals surface area contributed by atoms with Gasteiger partial charge in [0.2, 0.25) is 10.0 Å². The summed E-state index contributed by atoms with van der Waals surface area (Å²) in [5, 5.41) is 4.08. The minimum absolute atomic E-state index is 0.326. The lowest BCUT2D eigenvalue weighted by Gasteiger charge is -2.13. The van der Waals surface area contributed by atoms with Crippen molar-refractivity contribution < 1.29 is 13.2 Å². The molecule has 2 aromatic rings. The maximum atomic E-state index is 12.5. The van der Waals surface area contributed by atoms with E-state index in [0.29, 0.717) is 41.3 Å². The second kappa shape index (κ2) is 6.93. The smallest absolute Gasteiger partial charge is 0.241 e. The first-order valence-corrected chi connectivity index (χ1v) is 8.54. The quantitative estimate of drug-likeness (QED) is 0.790. The van der Waals surface area contributed by atoms with Gasteiger partial charge in [0.25, 0.3) is 0 Å². The molecule has 0 atom stereocenters. The Morgan fingerprint density at radius 2 is 1.95 bits per heavy atom. The molecule has 1 aromatic carbocycles. The number of sulfonamides is 1. The van der Waals surface area contributed by atoms with Crippen molar-refractivity contribution in [2.45, 2.75) is 31.7 Å². The maximum absolute atomic E-state index is 12.5. The van der Waals surface area contributed by atoms with Crippen molar-refractivity contribution in [2.75, 3.05) is 13.7 Å². The molecular weight excluding hydrogens is 302 g/mol. The van der Waals surface area contributed by atoms with Crippen molar-refractivity contribution in [1.82, 2.24) is 14.5 Å². The summed E-state index contributed by atoms with van der Waals surface area (Å²) in [6.45, 7) is 4.59. The van der Waals surface area contributed by atoms with E-state index >= 15 is 0 Å². The third kappa shape index (κ3) is 3.86. The van der Waals surface area contributed by atoms with Crippen LogP contribution in [0.5, 0.6) is 5.75 Å². The number of nitrogens with one attached hydrogen (secondary N) is 1. The van der Waals surface area contributed by atoms with Gasteiger partial charge in [0, 0.05) is 25.5 Å². The molecule has 0 aliphatic rings. The standard InChI is InChI=1S/C15H21N3O3S/c1-12-10-14(21-3)11-13(2)15(12)22(19,20)17-7-5-9-18-8-4-6-16-18/h4,6,8,10-11,17H,5,7,9H2,1-3H3. The van der Waals surface area contributed by atoms with Crippen molar-refractivity contribution in [3.05, 3.63) is 41.7 Å². The van der Waals surface area contributed by atoms with E-state index in [1.807, 2.05) is 12.3 Å². The van der Waals surface area contributed by atoms with Gasteiger partial charge in [-0.2, -0.15) is 5.10 Å². The highest BCUT2D eigenvalue weighted by Crippen LogP contribution is 2.25. The summed E-state index contributed by atoms with van der Waals surface area (Å²) in [7, 11) is -1.96. The fourth-order valence-corrected chi connectivity index (χ4v) is 3.93. The summed E-state index contributed by atoms with van der Waals surface area (Å²) in [6.07, 6.45) is 4.23. The number of hydrogen-bond acceptors (Lipinski definition) is 4. The Labute approximate surface area is 131 Å². The first-order chi connectivity index (χ1) is 10.4. The predicted octanol–water partition coefficient (Wildman–Crippen LogP) is 1.88. The zero-order valence-electron chi connectivity index (χ0n) is 13.0. The zero-order chi connectivity index (χ0) is 16.2. The summed E-state index contributed by atoms with van der Waals surface area (Å²) in [4.78, 5) is 0.326. The predicted molar refractivity (Wildman–Crippen MR) is 84.5 cm³/mol. The number of aromatic nitrogens is 2. The molecule has 0 aliphatic carbocycles. The van der Waals surface area contributed by atoms with E-state index in [1.54, 1.807) is 44.0 Å². The second-order valence-electron chi connectivity index (χ2n) is 5.11. The third-order valence-electron chi connectivity index (χ3n) is 3.35. The summed E-state index contributed by atoms with van der Waals surface area (Å²) in [6, 6.07) is 5.30. The summed E-state index contributed by atoms with van der Waals surface area (Å²) < 4.78 is 34.5. The van der Waals surface area contributed by atoms with Crippen LogP contribution in [0.15, 0.2) is 35.5 Å². The van der Waals surface area contributed by atoms with Crippen LogP contribution in [0.3, 0.4) is 0 Å². The number of ether oxygens (including phenoxy) is 1. The molecule has 0 fully saturated rings. The highest BCUT2D eigenvalue weighted by atomic mass is 32.2. The Morgan fingerprint density at radius 3 is 2.50 bits per heavy atom. The number of nitrogens with zero attached hydrogens (tertiary/aromatic N) is 2. The van der Waals surface area contributed by atoms with Crippen molar-refractivity contribution in [3.8, 4) is 5.75 Å². The summed E-state index contributed by atoms with van der Waals surface area (Å²) >= 11 is 0. The van der Waals surface area contributed by atoms with Gasteiger partial charge in [-0.3, -0.25) is 4.68 Å². The number of hydrogen-bond donors (Lipinski definition) is 1. The Bertz CT molecular complexity index is 701. The van der Waals surface area contributed by atoms with Crippen LogP contribution in [0.25, 0.3) is 0 Å². The Hall–Kier alpha value is -1.86. The zero-order valence-corrected chi connectivity index (χ0v) is 13.9. The molecule has 0 amide bonds. The fraction of sp³-hybridized carbons (Fsp3) is 0.400. The van der Waals surface area contributed by atoms with Gasteiger partial charge in [0.1, 0.15) is 5.75 Å². The van der Waals surface area contributed by atoms with Crippen LogP contribution in [0.1, 0.15) is 17.5 Å². The number of methoxy groups -OCH3 is 1. The van der Waals surface area contributed by atoms with Crippen LogP contribution in [-0.4, -0.2) is 31.9 Å². The molecule has 2 rings (SSSR count). The first kappa shape index (κ1) is 16.5. The molecule has 1 aromatic heterocycles. The largest absolute Gasteiger partial charge is 0.497 e. The maximum Gasteiger partial charge on any atom is 0.241 e. The van der Waals surface area contributed by atoms with Crippen molar-refractivity contribution >= 4 is 10.0 Å². The monoisotopic (exact) mass is 323 g/mol. The highest BCUT2D eigenvalue weighted by molar-refractivity contribution is 7.89. The SMILES string of the molecule is COc1cc(C)c(S(=O)(=O)NCCCn2cccn2)c(C)c1. The van der Waals surface area contributed by atoms with Gasteiger partial charge < -0.3 is 4.74 Å². The molecule has 1 heterocycles. The Morgan fingerprint density at radius 1 is 1.27 bits per heavy atom. The fourth-order valence-electron chi connectivity index (χ4n) is 2.40. The third-order valence-corrected chi connectivity index (χ3v) is 5.12. The molecule has 6 nitrogen and oxygen atoms in total. The molecule has 22 heavy (non-hydrogen) atoms. The molecule has 0 saturated heterocycles. The van der Waals surface area contributed by atoms with Gasteiger partial charge in [0.15, 0.2) is 0 Å². The minimum Gasteiger partial charge on any atom is -0.497 e. The average Bonchev–Trinajstić information content (AvgIpc) is 2.95. The Balaban J connectivity index is 2.04. The average molecular weight is 323 g/mol. The van der Waals surface area contributed by atoms with Crippen LogP contribution < -0.4 is 9.46 Å². The van der Waals surface area contributed by atoms with E-state index in [4.69, 9.17) is 4.74 Å². The molecule has 1 N–H and O–H groups in total. The van der Waals surface area contributed by atoms with Crippen LogP contribution in [0.2, 0.25) is 0 Å². The molecule has 0 radical (unpaired) electrons. The number of rotatable bonds is 7. The molecule has 0 unspecified atom stereocenters. The van der Waals surface area contributed by atoms with E-state index < -0.39 is 10.0 Å². The second-order valence-corrected chi connectivity index (χ2v) is 6.81. The van der Waals surface area contributed by atoms with Crippen LogP contribution in [-0.2, 0) is 16.6 Å². The van der Waals surface area contributed by atoms with Crippen LogP contribution >= 0.6 is 0 Å². The molecule has 0 saturated carbocycles. The van der Waals surface area contributed by atoms with E-state index in [-0.39, 0.29) is 0 Å². The van der Waals surface area contributed by atoms with Crippen molar-refractivity contribution in [1.29, 1.82) is 0 Å². The van der Waals surface area contributed by atoms with Gasteiger partial charge in [-0.1, -0.05) is 0 Å². The normalized spacial score (nSPS) is 11.6. The van der Waals surface area contributed by atoms with E-state index in [9.17, 15) is 8.42 Å². The van der Waals surface area contributed by atoms with Gasteiger partial charge in [0.05, 0.1) is 12.0 Å². The molecule has 0 aliphatic heterocycles. The lowest BCUT2D eigenvalue weighted by atomic mass is 10.1. The van der Waals surface area contributed by atoms with E-state index in [2.05, 4.69) is 9.82 Å². The summed E-state index contributed by atoms with van der Waals surface area (Å²) in [5.74, 6) is 0.660. The van der Waals surface area contributed by atoms with Crippen LogP contribution in [0, 0.1) is 13.8 Å². The topological polar surface area (TPSA) is 73.2 Å².